The van der Waals surface area contributed by atoms with Gasteiger partial charge in [0, 0.05) is 3.58 Å². The molecule has 60 valence electrons. The summed E-state index contributed by atoms with van der Waals surface area (Å²) in [4.78, 5) is 0. The second kappa shape index (κ2) is 6.69. The normalized spacial score (nSPS) is 13.1. The topological polar surface area (TPSA) is 20.2 Å². The quantitative estimate of drug-likeness (QED) is 0.450. The smallest absolute Gasteiger partial charge is 0.162 e. The van der Waals surface area contributed by atoms with E-state index in [1.165, 1.54) is 19.3 Å². The maximum atomic E-state index is 8.98. The number of aliphatic hydroxyl groups is 1. The average molecular weight is 366 g/mol. The summed E-state index contributed by atoms with van der Waals surface area (Å²) >= 11 is 4.14. The molecule has 0 unspecified atom stereocenters. The molecular weight excluding hydrogens is 354 g/mol. The van der Waals surface area contributed by atoms with E-state index in [9.17, 15) is 0 Å². The van der Waals surface area contributed by atoms with Crippen LogP contribution >= 0.6 is 45.2 Å². The molecule has 0 radical (unpaired) electrons. The molecule has 0 amide bonds. The SMILES string of the molecule is CCCCCC(I)=C(O)I. The molecule has 1 N–H and O–H groups in total. The summed E-state index contributed by atoms with van der Waals surface area (Å²) in [5.74, 6) is 0. The van der Waals surface area contributed by atoms with Crippen LogP contribution in [0.1, 0.15) is 32.6 Å². The van der Waals surface area contributed by atoms with Crippen molar-refractivity contribution in [2.75, 3.05) is 0 Å². The largest absolute Gasteiger partial charge is 0.502 e. The van der Waals surface area contributed by atoms with Crippen molar-refractivity contribution in [1.82, 2.24) is 0 Å². The van der Waals surface area contributed by atoms with E-state index in [4.69, 9.17) is 5.11 Å². The van der Waals surface area contributed by atoms with Gasteiger partial charge in [-0.3, -0.25) is 0 Å². The van der Waals surface area contributed by atoms with Crippen molar-refractivity contribution in [3.63, 3.8) is 0 Å². The van der Waals surface area contributed by atoms with Crippen molar-refractivity contribution < 1.29 is 5.11 Å². The van der Waals surface area contributed by atoms with Gasteiger partial charge >= 0.3 is 0 Å². The van der Waals surface area contributed by atoms with Gasteiger partial charge in [-0.05, 0) is 58.0 Å². The Balaban J connectivity index is 3.40. The Bertz CT molecular complexity index is 117. The van der Waals surface area contributed by atoms with E-state index in [1.54, 1.807) is 0 Å². The van der Waals surface area contributed by atoms with Gasteiger partial charge in [-0.1, -0.05) is 19.8 Å². The number of hydrogen-bond donors (Lipinski definition) is 1. The number of halogens is 2. The molecule has 0 bridgehead atoms. The number of aliphatic hydroxyl groups excluding tert-OH is 1. The molecule has 0 saturated carbocycles. The van der Waals surface area contributed by atoms with Crippen LogP contribution in [0.5, 0.6) is 0 Å². The number of unbranched alkanes of at least 4 members (excludes halogenated alkanes) is 2. The highest BCUT2D eigenvalue weighted by atomic mass is 127. The molecule has 0 aromatic carbocycles. The Labute approximate surface area is 89.6 Å². The summed E-state index contributed by atoms with van der Waals surface area (Å²) in [6, 6.07) is 0. The van der Waals surface area contributed by atoms with Gasteiger partial charge in [0.25, 0.3) is 0 Å². The third-order valence-electron chi connectivity index (χ3n) is 1.22. The zero-order valence-corrected chi connectivity index (χ0v) is 10.3. The first kappa shape index (κ1) is 11.0. The van der Waals surface area contributed by atoms with E-state index in [0.29, 0.717) is 3.77 Å². The highest BCUT2D eigenvalue weighted by Gasteiger charge is 1.96. The molecule has 0 heterocycles. The lowest BCUT2D eigenvalue weighted by atomic mass is 10.2. The van der Waals surface area contributed by atoms with Crippen LogP contribution in [0.25, 0.3) is 0 Å². The van der Waals surface area contributed by atoms with Crippen molar-refractivity contribution in [2.45, 2.75) is 32.6 Å². The first-order valence-electron chi connectivity index (χ1n) is 3.41. The number of hydrogen-bond acceptors (Lipinski definition) is 1. The van der Waals surface area contributed by atoms with Crippen molar-refractivity contribution in [2.24, 2.45) is 0 Å². The minimum Gasteiger partial charge on any atom is -0.502 e. The predicted molar refractivity (Wildman–Crippen MR) is 61.8 cm³/mol. The van der Waals surface area contributed by atoms with Crippen LogP contribution in [-0.2, 0) is 0 Å². The fraction of sp³-hybridized carbons (Fsp3) is 0.714. The molecular formula is C7H12I2O. The molecule has 0 saturated heterocycles. The molecule has 0 fully saturated rings. The molecule has 0 aromatic heterocycles. The monoisotopic (exact) mass is 366 g/mol. The number of rotatable bonds is 4. The summed E-state index contributed by atoms with van der Waals surface area (Å²) in [6.45, 7) is 2.18. The lowest BCUT2D eigenvalue weighted by molar-refractivity contribution is 0.461. The Morgan fingerprint density at radius 1 is 1.30 bits per heavy atom. The van der Waals surface area contributed by atoms with Gasteiger partial charge in [0.2, 0.25) is 0 Å². The summed E-state index contributed by atoms with van der Waals surface area (Å²) in [5.41, 5.74) is 0. The Morgan fingerprint density at radius 2 is 1.90 bits per heavy atom. The van der Waals surface area contributed by atoms with Crippen molar-refractivity contribution in [3.8, 4) is 0 Å². The Kier molecular flexibility index (Phi) is 7.36. The van der Waals surface area contributed by atoms with Gasteiger partial charge in [-0.15, -0.1) is 0 Å². The van der Waals surface area contributed by atoms with E-state index < -0.39 is 0 Å². The van der Waals surface area contributed by atoms with Crippen LogP contribution in [0.4, 0.5) is 0 Å². The molecule has 0 atom stereocenters. The standard InChI is InChI=1S/C7H12I2O/c1-2-3-4-5-6(8)7(9)10/h10H,2-5H2,1H3. The van der Waals surface area contributed by atoms with E-state index in [2.05, 4.69) is 29.5 Å². The third-order valence-corrected chi connectivity index (χ3v) is 3.96. The van der Waals surface area contributed by atoms with Gasteiger partial charge in [-0.2, -0.15) is 0 Å². The van der Waals surface area contributed by atoms with E-state index in [1.807, 2.05) is 22.6 Å². The third kappa shape index (κ3) is 5.76. The Morgan fingerprint density at radius 3 is 2.30 bits per heavy atom. The van der Waals surface area contributed by atoms with Crippen LogP contribution in [0.2, 0.25) is 0 Å². The van der Waals surface area contributed by atoms with Crippen molar-refractivity contribution in [1.29, 1.82) is 0 Å². The molecule has 1 nitrogen and oxygen atoms in total. The van der Waals surface area contributed by atoms with Crippen LogP contribution in [0.15, 0.2) is 7.35 Å². The fourth-order valence-corrected chi connectivity index (χ4v) is 1.28. The van der Waals surface area contributed by atoms with Gasteiger partial charge in [-0.25, -0.2) is 0 Å². The number of allylic oxidation sites excluding steroid dienone is 1. The molecule has 0 aliphatic carbocycles. The van der Waals surface area contributed by atoms with E-state index in [0.717, 1.165) is 10.0 Å². The fourth-order valence-electron chi connectivity index (χ4n) is 0.633. The highest BCUT2D eigenvalue weighted by Crippen LogP contribution is 2.22. The average Bonchev–Trinajstić information content (AvgIpc) is 1.88. The van der Waals surface area contributed by atoms with Gasteiger partial charge < -0.3 is 5.11 Å². The van der Waals surface area contributed by atoms with Crippen molar-refractivity contribution in [3.05, 3.63) is 7.35 Å². The lowest BCUT2D eigenvalue weighted by Gasteiger charge is -1.97. The second-order valence-corrected chi connectivity index (χ2v) is 4.48. The predicted octanol–water partition coefficient (Wildman–Crippen LogP) is 4.16. The summed E-state index contributed by atoms with van der Waals surface area (Å²) < 4.78 is 1.54. The molecule has 0 spiro atoms. The molecule has 0 aliphatic rings. The van der Waals surface area contributed by atoms with Gasteiger partial charge in [0.1, 0.15) is 0 Å². The molecule has 3 heteroatoms. The maximum Gasteiger partial charge on any atom is 0.162 e. The first-order valence-corrected chi connectivity index (χ1v) is 5.57. The maximum absolute atomic E-state index is 8.98. The van der Waals surface area contributed by atoms with Gasteiger partial charge in [0.05, 0.1) is 0 Å². The second-order valence-electron chi connectivity index (χ2n) is 2.15. The zero-order valence-electron chi connectivity index (χ0n) is 6.03. The molecule has 10 heavy (non-hydrogen) atoms. The summed E-state index contributed by atoms with van der Waals surface area (Å²) in [6.07, 6.45) is 4.73. The summed E-state index contributed by atoms with van der Waals surface area (Å²) in [7, 11) is 0. The lowest BCUT2D eigenvalue weighted by Crippen LogP contribution is -1.78. The highest BCUT2D eigenvalue weighted by molar-refractivity contribution is 14.1. The van der Waals surface area contributed by atoms with Crippen LogP contribution in [-0.4, -0.2) is 5.11 Å². The first-order chi connectivity index (χ1) is 4.68. The zero-order chi connectivity index (χ0) is 7.98. The Hall–Kier alpha value is 1.00. The molecule has 0 aliphatic heterocycles. The van der Waals surface area contributed by atoms with Crippen molar-refractivity contribution >= 4 is 45.2 Å². The van der Waals surface area contributed by atoms with Crippen LogP contribution < -0.4 is 0 Å². The minimum atomic E-state index is 0.453. The van der Waals surface area contributed by atoms with Gasteiger partial charge in [0.15, 0.2) is 3.77 Å². The van der Waals surface area contributed by atoms with Crippen LogP contribution in [0, 0.1) is 0 Å². The van der Waals surface area contributed by atoms with E-state index >= 15 is 0 Å². The summed E-state index contributed by atoms with van der Waals surface area (Å²) in [5, 5.41) is 8.98. The molecule has 0 rings (SSSR count). The van der Waals surface area contributed by atoms with E-state index in [-0.39, 0.29) is 0 Å². The molecule has 0 aromatic rings. The van der Waals surface area contributed by atoms with Crippen LogP contribution in [0.3, 0.4) is 0 Å². The minimum absolute atomic E-state index is 0.453.